The monoisotopic (exact) mass is 538 g/mol. The number of hydrogen-bond acceptors (Lipinski definition) is 7. The minimum absolute atomic E-state index is 0.0194. The van der Waals surface area contributed by atoms with Crippen molar-refractivity contribution in [1.82, 2.24) is 9.97 Å². The molecule has 5 rings (SSSR count). The molecule has 0 radical (unpaired) electrons. The Kier molecular flexibility index (Phi) is 6.56. The van der Waals surface area contributed by atoms with Gasteiger partial charge >= 0.3 is 12.2 Å². The van der Waals surface area contributed by atoms with Crippen molar-refractivity contribution in [2.24, 2.45) is 5.92 Å². The van der Waals surface area contributed by atoms with Gasteiger partial charge in [-0.25, -0.2) is 14.8 Å². The fraction of sp³-hybridized carbons (Fsp3) is 0.160. The SMILES string of the molecule is N#Cc1c(Oc2cccc(NC(=O)Nc3ccc(C(F)(F)F)nc3)c2)ccc2nc(NC(=O)C3CC3)sc12. The van der Waals surface area contributed by atoms with E-state index in [2.05, 4.69) is 32.0 Å². The molecule has 2 aromatic heterocycles. The molecule has 1 aliphatic rings. The number of alkyl halides is 3. The van der Waals surface area contributed by atoms with Crippen LogP contribution in [-0.2, 0) is 11.0 Å². The predicted molar refractivity (Wildman–Crippen MR) is 134 cm³/mol. The van der Waals surface area contributed by atoms with Gasteiger partial charge in [0.25, 0.3) is 0 Å². The van der Waals surface area contributed by atoms with Crippen molar-refractivity contribution in [2.45, 2.75) is 19.0 Å². The highest BCUT2D eigenvalue weighted by Gasteiger charge is 2.32. The standard InChI is InChI=1S/C25H17F3N6O3S/c26-25(27,28)20-9-6-15(12-30-20)32-23(36)31-14-2-1-3-16(10-14)37-19-8-7-18-21(17(19)11-29)38-24(33-18)34-22(35)13-4-5-13/h1-3,6-10,12-13H,4-5H2,(H2,31,32,36)(H,33,34,35). The molecule has 1 aliphatic carbocycles. The average molecular weight is 539 g/mol. The Morgan fingerprint density at radius 3 is 2.53 bits per heavy atom. The summed E-state index contributed by atoms with van der Waals surface area (Å²) in [4.78, 5) is 32.1. The first-order valence-electron chi connectivity index (χ1n) is 11.2. The number of carbonyl (C=O) groups is 2. The van der Waals surface area contributed by atoms with Crippen molar-refractivity contribution < 1.29 is 27.5 Å². The van der Waals surface area contributed by atoms with Crippen LogP contribution in [0.5, 0.6) is 11.5 Å². The highest BCUT2D eigenvalue weighted by Crippen LogP contribution is 2.37. The number of thiazole rings is 1. The van der Waals surface area contributed by atoms with Crippen LogP contribution < -0.4 is 20.7 Å². The number of rotatable bonds is 6. The fourth-order valence-electron chi connectivity index (χ4n) is 3.46. The van der Waals surface area contributed by atoms with Gasteiger partial charge in [-0.3, -0.25) is 4.79 Å². The molecule has 13 heteroatoms. The second-order valence-corrected chi connectivity index (χ2v) is 9.32. The molecule has 0 bridgehead atoms. The van der Waals surface area contributed by atoms with Gasteiger partial charge in [-0.05, 0) is 49.2 Å². The number of halogens is 3. The summed E-state index contributed by atoms with van der Waals surface area (Å²) in [5.74, 6) is 0.524. The van der Waals surface area contributed by atoms with E-state index in [0.717, 1.165) is 31.2 Å². The van der Waals surface area contributed by atoms with Gasteiger partial charge in [0, 0.05) is 17.7 Å². The van der Waals surface area contributed by atoms with Crippen LogP contribution in [0.3, 0.4) is 0 Å². The van der Waals surface area contributed by atoms with Gasteiger partial charge in [-0.1, -0.05) is 17.4 Å². The lowest BCUT2D eigenvalue weighted by Crippen LogP contribution is -2.19. The smallest absolute Gasteiger partial charge is 0.433 e. The maximum absolute atomic E-state index is 12.7. The van der Waals surface area contributed by atoms with E-state index in [1.807, 2.05) is 0 Å². The summed E-state index contributed by atoms with van der Waals surface area (Å²) >= 11 is 1.18. The van der Waals surface area contributed by atoms with Gasteiger partial charge < -0.3 is 20.7 Å². The second-order valence-electron chi connectivity index (χ2n) is 8.32. The topological polar surface area (TPSA) is 129 Å². The van der Waals surface area contributed by atoms with Gasteiger partial charge in [0.1, 0.15) is 28.8 Å². The van der Waals surface area contributed by atoms with E-state index in [0.29, 0.717) is 26.8 Å². The van der Waals surface area contributed by atoms with Gasteiger partial charge in [-0.15, -0.1) is 0 Å². The quantitative estimate of drug-likeness (QED) is 0.262. The summed E-state index contributed by atoms with van der Waals surface area (Å²) in [7, 11) is 0. The van der Waals surface area contributed by atoms with E-state index in [-0.39, 0.29) is 28.8 Å². The molecule has 4 aromatic rings. The van der Waals surface area contributed by atoms with Crippen molar-refractivity contribution in [3.63, 3.8) is 0 Å². The average Bonchev–Trinajstić information content (AvgIpc) is 3.64. The summed E-state index contributed by atoms with van der Waals surface area (Å²) < 4.78 is 44.4. The van der Waals surface area contributed by atoms with Gasteiger partial charge in [0.2, 0.25) is 5.91 Å². The normalized spacial score (nSPS) is 13.0. The molecular weight excluding hydrogens is 521 g/mol. The molecule has 192 valence electrons. The lowest BCUT2D eigenvalue weighted by Gasteiger charge is -2.11. The number of fused-ring (bicyclic) bond motifs is 1. The minimum Gasteiger partial charge on any atom is -0.456 e. The zero-order chi connectivity index (χ0) is 26.9. The third-order valence-electron chi connectivity index (χ3n) is 5.44. The third-order valence-corrected chi connectivity index (χ3v) is 6.45. The summed E-state index contributed by atoms with van der Waals surface area (Å²) in [5, 5.41) is 17.9. The molecule has 0 spiro atoms. The van der Waals surface area contributed by atoms with Crippen molar-refractivity contribution in [2.75, 3.05) is 16.0 Å². The first-order valence-corrected chi connectivity index (χ1v) is 12.0. The minimum atomic E-state index is -4.58. The molecule has 0 saturated heterocycles. The summed E-state index contributed by atoms with van der Waals surface area (Å²) in [6.07, 6.45) is -1.95. The number of nitriles is 1. The zero-order valence-corrected chi connectivity index (χ0v) is 20.1. The molecule has 0 aliphatic heterocycles. The van der Waals surface area contributed by atoms with E-state index in [9.17, 15) is 28.0 Å². The van der Waals surface area contributed by atoms with Gasteiger partial charge in [-0.2, -0.15) is 18.4 Å². The molecule has 3 N–H and O–H groups in total. The fourth-order valence-corrected chi connectivity index (χ4v) is 4.42. The molecule has 2 heterocycles. The Balaban J connectivity index is 1.28. The summed E-state index contributed by atoms with van der Waals surface area (Å²) in [6.45, 7) is 0. The Hall–Kier alpha value is -4.70. The largest absolute Gasteiger partial charge is 0.456 e. The number of pyridine rings is 1. The Morgan fingerprint density at radius 1 is 1.05 bits per heavy atom. The number of amides is 3. The molecule has 9 nitrogen and oxygen atoms in total. The number of aromatic nitrogens is 2. The van der Waals surface area contributed by atoms with Crippen LogP contribution in [0, 0.1) is 17.2 Å². The number of carbonyl (C=O) groups excluding carboxylic acids is 2. The first-order chi connectivity index (χ1) is 18.2. The zero-order valence-electron chi connectivity index (χ0n) is 19.3. The lowest BCUT2D eigenvalue weighted by molar-refractivity contribution is -0.141. The van der Waals surface area contributed by atoms with Gasteiger partial charge in [0.15, 0.2) is 5.13 Å². The van der Waals surface area contributed by atoms with Crippen LogP contribution in [0.15, 0.2) is 54.7 Å². The number of nitrogens with one attached hydrogen (secondary N) is 3. The Labute approximate surface area is 217 Å². The van der Waals surface area contributed by atoms with E-state index in [4.69, 9.17) is 4.74 Å². The molecular formula is C25H17F3N6O3S. The number of urea groups is 1. The van der Waals surface area contributed by atoms with E-state index >= 15 is 0 Å². The van der Waals surface area contributed by atoms with Crippen molar-refractivity contribution in [1.29, 1.82) is 5.26 Å². The summed E-state index contributed by atoms with van der Waals surface area (Å²) in [6, 6.07) is 12.9. The highest BCUT2D eigenvalue weighted by molar-refractivity contribution is 7.22. The number of anilines is 3. The van der Waals surface area contributed by atoms with Crippen molar-refractivity contribution in [3.8, 4) is 17.6 Å². The Morgan fingerprint density at radius 2 is 1.84 bits per heavy atom. The van der Waals surface area contributed by atoms with E-state index in [1.165, 1.54) is 17.4 Å². The van der Waals surface area contributed by atoms with E-state index in [1.54, 1.807) is 30.3 Å². The molecule has 1 saturated carbocycles. The maximum Gasteiger partial charge on any atom is 0.433 e. The molecule has 0 unspecified atom stereocenters. The molecule has 1 fully saturated rings. The van der Waals surface area contributed by atoms with Crippen LogP contribution in [-0.4, -0.2) is 21.9 Å². The van der Waals surface area contributed by atoms with E-state index < -0.39 is 17.9 Å². The van der Waals surface area contributed by atoms with Crippen LogP contribution in [0.2, 0.25) is 0 Å². The van der Waals surface area contributed by atoms with Crippen molar-refractivity contribution >= 4 is 50.0 Å². The number of hydrogen-bond donors (Lipinski definition) is 3. The van der Waals surface area contributed by atoms with Crippen LogP contribution in [0.25, 0.3) is 10.2 Å². The molecule has 0 atom stereocenters. The van der Waals surface area contributed by atoms with Crippen LogP contribution in [0.1, 0.15) is 24.1 Å². The van der Waals surface area contributed by atoms with Crippen LogP contribution in [0.4, 0.5) is 34.5 Å². The number of benzene rings is 2. The predicted octanol–water partition coefficient (Wildman–Crippen LogP) is 6.37. The lowest BCUT2D eigenvalue weighted by atomic mass is 10.2. The summed E-state index contributed by atoms with van der Waals surface area (Å²) in [5.41, 5.74) is 0.142. The second kappa shape index (κ2) is 9.98. The molecule has 3 amide bonds. The first kappa shape index (κ1) is 25.0. The number of nitrogens with zero attached hydrogens (tertiary/aromatic N) is 3. The third kappa shape index (κ3) is 5.65. The molecule has 38 heavy (non-hydrogen) atoms. The van der Waals surface area contributed by atoms with Crippen molar-refractivity contribution in [3.05, 3.63) is 66.0 Å². The Bertz CT molecular complexity index is 1580. The molecule has 2 aromatic carbocycles. The van der Waals surface area contributed by atoms with Gasteiger partial charge in [0.05, 0.1) is 22.1 Å². The van der Waals surface area contributed by atoms with Crippen LogP contribution >= 0.6 is 11.3 Å². The number of ether oxygens (including phenoxy) is 1. The maximum atomic E-state index is 12.7. The highest BCUT2D eigenvalue weighted by atomic mass is 32.1.